The first-order valence-corrected chi connectivity index (χ1v) is 8.30. The summed E-state index contributed by atoms with van der Waals surface area (Å²) < 4.78 is 52.3. The van der Waals surface area contributed by atoms with Crippen LogP contribution in [0.5, 0.6) is 5.75 Å². The van der Waals surface area contributed by atoms with Crippen LogP contribution in [0.3, 0.4) is 0 Å². The highest BCUT2D eigenvalue weighted by Gasteiger charge is 2.35. The highest BCUT2D eigenvalue weighted by atomic mass is 19.4. The Morgan fingerprint density at radius 2 is 1.92 bits per heavy atom. The quantitative estimate of drug-likeness (QED) is 0.549. The lowest BCUT2D eigenvalue weighted by atomic mass is 10.1. The number of hydrogen-bond donors (Lipinski definition) is 0. The van der Waals surface area contributed by atoms with E-state index in [1.165, 1.54) is 23.7 Å². The largest absolute Gasteiger partial charge is 0.493 e. The zero-order valence-electron chi connectivity index (χ0n) is 15.3. The van der Waals surface area contributed by atoms with Gasteiger partial charge in [-0.15, -0.1) is 0 Å². The highest BCUT2D eigenvalue weighted by molar-refractivity contribution is 5.97. The van der Waals surface area contributed by atoms with E-state index < -0.39 is 17.7 Å². The summed E-state index contributed by atoms with van der Waals surface area (Å²) in [5.41, 5.74) is -0.494. The number of esters is 1. The van der Waals surface area contributed by atoms with Crippen LogP contribution in [-0.4, -0.2) is 49.3 Å². The molecule has 0 bridgehead atoms. The molecule has 5 nitrogen and oxygen atoms in total. The Morgan fingerprint density at radius 1 is 1.23 bits per heavy atom. The molecule has 2 aromatic rings. The van der Waals surface area contributed by atoms with Gasteiger partial charge in [-0.25, -0.2) is 4.79 Å². The second-order valence-electron chi connectivity index (χ2n) is 6.22. The summed E-state index contributed by atoms with van der Waals surface area (Å²) in [6.07, 6.45) is -3.87. The number of alkyl halides is 3. The summed E-state index contributed by atoms with van der Waals surface area (Å²) in [7, 11) is 5.36. The van der Waals surface area contributed by atoms with Gasteiger partial charge in [0, 0.05) is 25.0 Å². The zero-order chi connectivity index (χ0) is 19.5. The first kappa shape index (κ1) is 20.1. The number of hydrogen-bond acceptors (Lipinski definition) is 4. The second-order valence-corrected chi connectivity index (χ2v) is 6.22. The van der Waals surface area contributed by atoms with Crippen LogP contribution in [-0.2, 0) is 18.0 Å². The van der Waals surface area contributed by atoms with E-state index in [0.29, 0.717) is 13.0 Å². The molecule has 0 fully saturated rings. The van der Waals surface area contributed by atoms with Gasteiger partial charge in [-0.3, -0.25) is 0 Å². The number of carbonyl (C=O) groups is 1. The predicted octanol–water partition coefficient (Wildman–Crippen LogP) is 3.70. The Labute approximate surface area is 150 Å². The van der Waals surface area contributed by atoms with Crippen molar-refractivity contribution in [2.45, 2.75) is 19.5 Å². The van der Waals surface area contributed by atoms with Crippen LogP contribution in [0.2, 0.25) is 0 Å². The normalized spacial score (nSPS) is 12.0. The molecule has 8 heteroatoms. The number of nitrogens with zero attached hydrogens (tertiary/aromatic N) is 2. The molecule has 0 atom stereocenters. The zero-order valence-corrected chi connectivity index (χ0v) is 15.3. The van der Waals surface area contributed by atoms with Crippen LogP contribution in [0, 0.1) is 0 Å². The summed E-state index contributed by atoms with van der Waals surface area (Å²) >= 11 is 0. The molecular formula is C18H23F3N2O3. The molecule has 1 aromatic heterocycles. The van der Waals surface area contributed by atoms with E-state index in [9.17, 15) is 18.0 Å². The summed E-state index contributed by atoms with van der Waals surface area (Å²) in [5.74, 6) is -0.534. The number of carbonyl (C=O) groups excluding carboxylic acids is 1. The first-order chi connectivity index (χ1) is 12.1. The van der Waals surface area contributed by atoms with Crippen molar-refractivity contribution >= 4 is 16.9 Å². The molecule has 0 amide bonds. The fourth-order valence-electron chi connectivity index (χ4n) is 2.69. The van der Waals surface area contributed by atoms with Crippen LogP contribution in [0.15, 0.2) is 18.2 Å². The first-order valence-electron chi connectivity index (χ1n) is 8.30. The van der Waals surface area contributed by atoms with Gasteiger partial charge in [-0.05, 0) is 39.6 Å². The van der Waals surface area contributed by atoms with E-state index >= 15 is 0 Å². The molecule has 0 N–H and O–H groups in total. The smallest absolute Gasteiger partial charge is 0.417 e. The van der Waals surface area contributed by atoms with Gasteiger partial charge in [0.05, 0.1) is 24.3 Å². The van der Waals surface area contributed by atoms with Crippen molar-refractivity contribution in [2.24, 2.45) is 7.05 Å². The van der Waals surface area contributed by atoms with Gasteiger partial charge in [0.2, 0.25) is 0 Å². The third-order valence-corrected chi connectivity index (χ3v) is 3.94. The van der Waals surface area contributed by atoms with Crippen LogP contribution < -0.4 is 4.74 Å². The molecule has 0 saturated carbocycles. The Hall–Kier alpha value is -2.22. The second kappa shape index (κ2) is 7.99. The number of aryl methyl sites for hydroxylation is 1. The number of halogens is 3. The van der Waals surface area contributed by atoms with Gasteiger partial charge >= 0.3 is 12.1 Å². The molecule has 0 radical (unpaired) electrons. The fourth-order valence-corrected chi connectivity index (χ4v) is 2.69. The van der Waals surface area contributed by atoms with Crippen LogP contribution in [0.25, 0.3) is 10.9 Å². The van der Waals surface area contributed by atoms with E-state index in [2.05, 4.69) is 0 Å². The van der Waals surface area contributed by atoms with Crippen LogP contribution >= 0.6 is 0 Å². The van der Waals surface area contributed by atoms with Crippen molar-refractivity contribution in [1.82, 2.24) is 9.47 Å². The van der Waals surface area contributed by atoms with E-state index in [1.807, 2.05) is 19.0 Å². The standard InChI is InChI=1S/C18H23F3N2O3/c1-5-25-17(24)16-11-13-14(18(19,20)21)9-12(10-15(13)23(16)4)26-8-6-7-22(2)3/h9-11H,5-8H2,1-4H3. The van der Waals surface area contributed by atoms with Gasteiger partial charge < -0.3 is 18.9 Å². The van der Waals surface area contributed by atoms with Gasteiger partial charge in [0.15, 0.2) is 0 Å². The summed E-state index contributed by atoms with van der Waals surface area (Å²) in [5, 5.41) is -0.0521. The molecule has 1 aromatic carbocycles. The number of rotatable bonds is 7. The maximum absolute atomic E-state index is 13.5. The minimum absolute atomic E-state index is 0.0521. The van der Waals surface area contributed by atoms with Gasteiger partial charge in [0.25, 0.3) is 0 Å². The minimum atomic E-state index is -4.56. The van der Waals surface area contributed by atoms with Gasteiger partial charge in [-0.1, -0.05) is 0 Å². The molecule has 0 spiro atoms. The lowest BCUT2D eigenvalue weighted by Crippen LogP contribution is -2.15. The molecule has 0 aliphatic rings. The van der Waals surface area contributed by atoms with E-state index in [4.69, 9.17) is 9.47 Å². The highest BCUT2D eigenvalue weighted by Crippen LogP contribution is 2.38. The van der Waals surface area contributed by atoms with E-state index in [-0.39, 0.29) is 29.0 Å². The fraction of sp³-hybridized carbons (Fsp3) is 0.500. The van der Waals surface area contributed by atoms with Crippen LogP contribution in [0.4, 0.5) is 13.2 Å². The van der Waals surface area contributed by atoms with Gasteiger partial charge in [0.1, 0.15) is 11.4 Å². The number of aromatic nitrogens is 1. The number of ether oxygens (including phenoxy) is 2. The molecular weight excluding hydrogens is 349 g/mol. The van der Waals surface area contributed by atoms with Crippen molar-refractivity contribution in [3.8, 4) is 5.75 Å². The topological polar surface area (TPSA) is 43.7 Å². The summed E-state index contributed by atoms with van der Waals surface area (Å²) in [6.45, 7) is 2.86. The van der Waals surface area contributed by atoms with Crippen molar-refractivity contribution in [3.63, 3.8) is 0 Å². The average molecular weight is 372 g/mol. The SMILES string of the molecule is CCOC(=O)c1cc2c(C(F)(F)F)cc(OCCCN(C)C)cc2n1C. The maximum Gasteiger partial charge on any atom is 0.417 e. The van der Waals surface area contributed by atoms with Gasteiger partial charge in [-0.2, -0.15) is 13.2 Å². The monoisotopic (exact) mass is 372 g/mol. The molecule has 1 heterocycles. The molecule has 2 rings (SSSR count). The molecule has 144 valence electrons. The van der Waals surface area contributed by atoms with Crippen LogP contribution in [0.1, 0.15) is 29.4 Å². The summed E-state index contributed by atoms with van der Waals surface area (Å²) in [6, 6.07) is 3.71. The third kappa shape index (κ3) is 4.49. The van der Waals surface area contributed by atoms with Crippen molar-refractivity contribution in [3.05, 3.63) is 29.5 Å². The molecule has 26 heavy (non-hydrogen) atoms. The number of fused-ring (bicyclic) bond motifs is 1. The number of benzene rings is 1. The maximum atomic E-state index is 13.5. The Kier molecular flexibility index (Phi) is 6.17. The molecule has 0 aliphatic carbocycles. The lowest BCUT2D eigenvalue weighted by molar-refractivity contribution is -0.136. The Morgan fingerprint density at radius 3 is 2.50 bits per heavy atom. The Balaban J connectivity index is 2.43. The van der Waals surface area contributed by atoms with E-state index in [0.717, 1.165) is 12.6 Å². The summed E-state index contributed by atoms with van der Waals surface area (Å²) in [4.78, 5) is 14.0. The molecule has 0 aliphatic heterocycles. The average Bonchev–Trinajstić information content (AvgIpc) is 2.87. The van der Waals surface area contributed by atoms with Crippen molar-refractivity contribution in [1.29, 1.82) is 0 Å². The Bertz CT molecular complexity index is 782. The molecule has 0 unspecified atom stereocenters. The minimum Gasteiger partial charge on any atom is -0.493 e. The predicted molar refractivity (Wildman–Crippen MR) is 92.5 cm³/mol. The van der Waals surface area contributed by atoms with Crippen molar-refractivity contribution < 1.29 is 27.4 Å². The third-order valence-electron chi connectivity index (χ3n) is 3.94. The molecule has 0 saturated heterocycles. The van der Waals surface area contributed by atoms with E-state index in [1.54, 1.807) is 6.92 Å². The lowest BCUT2D eigenvalue weighted by Gasteiger charge is -2.14. The van der Waals surface area contributed by atoms with Crippen molar-refractivity contribution in [2.75, 3.05) is 33.9 Å².